The summed E-state index contributed by atoms with van der Waals surface area (Å²) in [6.45, 7) is 4.60. The Labute approximate surface area is 135 Å². The van der Waals surface area contributed by atoms with Crippen LogP contribution in [0.2, 0.25) is 0 Å². The molecule has 1 atom stereocenters. The van der Waals surface area contributed by atoms with E-state index < -0.39 is 0 Å². The van der Waals surface area contributed by atoms with Gasteiger partial charge in [-0.25, -0.2) is 4.79 Å². The lowest BCUT2D eigenvalue weighted by Gasteiger charge is -2.22. The van der Waals surface area contributed by atoms with Crippen LogP contribution in [-0.2, 0) is 18.4 Å². The summed E-state index contributed by atoms with van der Waals surface area (Å²) in [5.74, 6) is 0.0991. The molecule has 124 valence electrons. The lowest BCUT2D eigenvalue weighted by Crippen LogP contribution is -2.35. The van der Waals surface area contributed by atoms with Gasteiger partial charge in [0.25, 0.3) is 0 Å². The minimum absolute atomic E-state index is 0.0337. The number of nitrogens with two attached hydrogens (primary N) is 1. The number of hydrogen-bond donors (Lipinski definition) is 1. The van der Waals surface area contributed by atoms with Gasteiger partial charge in [-0.3, -0.25) is 13.9 Å². The van der Waals surface area contributed by atoms with E-state index in [4.69, 9.17) is 5.73 Å². The number of likely N-dealkylation sites (tertiary alicyclic amines) is 1. The van der Waals surface area contributed by atoms with Gasteiger partial charge < -0.3 is 10.6 Å². The van der Waals surface area contributed by atoms with Crippen LogP contribution in [0.3, 0.4) is 0 Å². The van der Waals surface area contributed by atoms with Crippen LogP contribution in [0.4, 0.5) is 0 Å². The van der Waals surface area contributed by atoms with E-state index in [1.807, 2.05) is 29.2 Å². The van der Waals surface area contributed by atoms with Crippen molar-refractivity contribution < 1.29 is 4.79 Å². The van der Waals surface area contributed by atoms with Gasteiger partial charge in [0.2, 0.25) is 5.91 Å². The molecule has 2 N–H and O–H groups in total. The van der Waals surface area contributed by atoms with E-state index in [9.17, 15) is 9.59 Å². The second-order valence-electron chi connectivity index (χ2n) is 6.81. The molecule has 1 unspecified atom stereocenters. The summed E-state index contributed by atoms with van der Waals surface area (Å²) in [7, 11) is 1.76. The first kappa shape index (κ1) is 15.8. The molecule has 23 heavy (non-hydrogen) atoms. The standard InChI is InChI=1S/C17H24N4O2/c1-17(11-18)8-10-20(12-17)15(22)7-9-21-14-6-4-3-5-13(14)19(2)16(21)23/h3-6H,7-12,18H2,1-2H3. The molecule has 3 rings (SSSR count). The Hall–Kier alpha value is -2.08. The summed E-state index contributed by atoms with van der Waals surface area (Å²) < 4.78 is 3.31. The van der Waals surface area contributed by atoms with Crippen LogP contribution in [0.1, 0.15) is 19.8 Å². The highest BCUT2D eigenvalue weighted by atomic mass is 16.2. The highest BCUT2D eigenvalue weighted by Gasteiger charge is 2.34. The first-order valence-corrected chi connectivity index (χ1v) is 8.07. The van der Waals surface area contributed by atoms with Gasteiger partial charge in [0, 0.05) is 33.1 Å². The molecule has 1 aromatic carbocycles. The van der Waals surface area contributed by atoms with Crippen LogP contribution in [0.15, 0.2) is 29.1 Å². The van der Waals surface area contributed by atoms with Gasteiger partial charge in [0.05, 0.1) is 11.0 Å². The van der Waals surface area contributed by atoms with Crippen molar-refractivity contribution in [1.29, 1.82) is 0 Å². The first-order valence-electron chi connectivity index (χ1n) is 8.07. The summed E-state index contributed by atoms with van der Waals surface area (Å²) in [5, 5.41) is 0. The molecule has 0 spiro atoms. The summed E-state index contributed by atoms with van der Waals surface area (Å²) in [6.07, 6.45) is 1.29. The highest BCUT2D eigenvalue weighted by molar-refractivity contribution is 5.78. The van der Waals surface area contributed by atoms with Gasteiger partial charge in [0.15, 0.2) is 0 Å². The van der Waals surface area contributed by atoms with Gasteiger partial charge in [-0.1, -0.05) is 19.1 Å². The Kier molecular flexibility index (Phi) is 4.02. The predicted molar refractivity (Wildman–Crippen MR) is 90.2 cm³/mol. The predicted octanol–water partition coefficient (Wildman–Crippen LogP) is 0.927. The van der Waals surface area contributed by atoms with Crippen LogP contribution < -0.4 is 11.4 Å². The topological polar surface area (TPSA) is 73.3 Å². The van der Waals surface area contributed by atoms with Crippen LogP contribution in [0.25, 0.3) is 11.0 Å². The maximum absolute atomic E-state index is 12.4. The second-order valence-corrected chi connectivity index (χ2v) is 6.81. The molecule has 0 bridgehead atoms. The number of benzene rings is 1. The number of imidazole rings is 1. The molecule has 2 heterocycles. The Morgan fingerprint density at radius 1 is 1.30 bits per heavy atom. The lowest BCUT2D eigenvalue weighted by molar-refractivity contribution is -0.130. The molecule has 0 aliphatic carbocycles. The van der Waals surface area contributed by atoms with Gasteiger partial charge in [-0.2, -0.15) is 0 Å². The number of rotatable bonds is 4. The fourth-order valence-electron chi connectivity index (χ4n) is 3.35. The number of fused-ring (bicyclic) bond motifs is 1. The van der Waals surface area contributed by atoms with Gasteiger partial charge in [0.1, 0.15) is 0 Å². The molecule has 1 aliphatic rings. The minimum atomic E-state index is -0.0766. The summed E-state index contributed by atoms with van der Waals surface area (Å²) in [6, 6.07) is 7.66. The SMILES string of the molecule is Cn1c(=O)n(CCC(=O)N2CCC(C)(CN)C2)c2ccccc21. The Morgan fingerprint density at radius 3 is 2.65 bits per heavy atom. The number of aryl methyl sites for hydroxylation is 2. The van der Waals surface area contributed by atoms with E-state index in [0.29, 0.717) is 26.1 Å². The molecular weight excluding hydrogens is 292 g/mol. The molecule has 6 heteroatoms. The molecule has 1 saturated heterocycles. The van der Waals surface area contributed by atoms with E-state index in [1.165, 1.54) is 0 Å². The van der Waals surface area contributed by atoms with Gasteiger partial charge >= 0.3 is 5.69 Å². The number of aromatic nitrogens is 2. The first-order chi connectivity index (χ1) is 10.9. The average molecular weight is 316 g/mol. The maximum atomic E-state index is 12.4. The molecule has 1 aliphatic heterocycles. The fourth-order valence-corrected chi connectivity index (χ4v) is 3.35. The normalized spacial score (nSPS) is 21.3. The number of carbonyl (C=O) groups excluding carboxylic acids is 1. The van der Waals surface area contributed by atoms with E-state index in [-0.39, 0.29) is 17.0 Å². The highest BCUT2D eigenvalue weighted by Crippen LogP contribution is 2.28. The maximum Gasteiger partial charge on any atom is 0.328 e. The third kappa shape index (κ3) is 2.79. The van der Waals surface area contributed by atoms with Crippen LogP contribution in [-0.4, -0.2) is 39.6 Å². The zero-order valence-electron chi connectivity index (χ0n) is 13.8. The van der Waals surface area contributed by atoms with Crippen LogP contribution in [0.5, 0.6) is 0 Å². The molecule has 1 fully saturated rings. The van der Waals surface area contributed by atoms with Gasteiger partial charge in [-0.05, 0) is 30.5 Å². The van der Waals surface area contributed by atoms with Crippen molar-refractivity contribution >= 4 is 16.9 Å². The van der Waals surface area contributed by atoms with Crippen molar-refractivity contribution in [2.45, 2.75) is 26.3 Å². The number of nitrogens with zero attached hydrogens (tertiary/aromatic N) is 3. The molecule has 2 aromatic rings. The average Bonchev–Trinajstić information content (AvgIpc) is 3.07. The summed E-state index contributed by atoms with van der Waals surface area (Å²) in [5.41, 5.74) is 7.52. The molecule has 1 aromatic heterocycles. The van der Waals surface area contributed by atoms with E-state index in [0.717, 1.165) is 24.0 Å². The summed E-state index contributed by atoms with van der Waals surface area (Å²) >= 11 is 0. The zero-order valence-corrected chi connectivity index (χ0v) is 13.8. The Bertz CT molecular complexity index is 791. The van der Waals surface area contributed by atoms with Crippen LogP contribution in [0, 0.1) is 5.41 Å². The Balaban J connectivity index is 1.73. The number of para-hydroxylation sites is 2. The number of hydrogen-bond acceptors (Lipinski definition) is 3. The van der Waals surface area contributed by atoms with Crippen molar-refractivity contribution in [1.82, 2.24) is 14.0 Å². The quantitative estimate of drug-likeness (QED) is 0.912. The molecular formula is C17H24N4O2. The smallest absolute Gasteiger partial charge is 0.328 e. The molecule has 1 amide bonds. The van der Waals surface area contributed by atoms with Crippen LogP contribution >= 0.6 is 0 Å². The van der Waals surface area contributed by atoms with Crippen molar-refractivity contribution in [2.75, 3.05) is 19.6 Å². The Morgan fingerprint density at radius 2 is 2.00 bits per heavy atom. The lowest BCUT2D eigenvalue weighted by atomic mass is 9.90. The molecule has 0 radical (unpaired) electrons. The fraction of sp³-hybridized carbons (Fsp3) is 0.529. The van der Waals surface area contributed by atoms with E-state index >= 15 is 0 Å². The van der Waals surface area contributed by atoms with E-state index in [1.54, 1.807) is 16.2 Å². The van der Waals surface area contributed by atoms with Gasteiger partial charge in [-0.15, -0.1) is 0 Å². The van der Waals surface area contributed by atoms with Crippen molar-refractivity contribution in [3.8, 4) is 0 Å². The number of carbonyl (C=O) groups is 1. The summed E-state index contributed by atoms with van der Waals surface area (Å²) in [4.78, 5) is 26.7. The van der Waals surface area contributed by atoms with Crippen molar-refractivity contribution in [2.24, 2.45) is 18.2 Å². The third-order valence-electron chi connectivity index (χ3n) is 5.00. The van der Waals surface area contributed by atoms with Crippen molar-refractivity contribution in [3.05, 3.63) is 34.7 Å². The zero-order chi connectivity index (χ0) is 16.6. The third-order valence-corrected chi connectivity index (χ3v) is 5.00. The second kappa shape index (κ2) is 5.85. The van der Waals surface area contributed by atoms with E-state index in [2.05, 4.69) is 6.92 Å². The largest absolute Gasteiger partial charge is 0.342 e. The van der Waals surface area contributed by atoms with Crippen molar-refractivity contribution in [3.63, 3.8) is 0 Å². The molecule has 6 nitrogen and oxygen atoms in total. The minimum Gasteiger partial charge on any atom is -0.342 e. The number of amides is 1. The monoisotopic (exact) mass is 316 g/mol. The molecule has 0 saturated carbocycles.